The van der Waals surface area contributed by atoms with Crippen LogP contribution in [0.1, 0.15) is 20.8 Å². The highest BCUT2D eigenvalue weighted by atomic mass is 32.2. The van der Waals surface area contributed by atoms with E-state index in [1.165, 1.54) is 0 Å². The lowest BCUT2D eigenvalue weighted by Crippen LogP contribution is -2.63. The molecule has 152 valence electrons. The normalized spacial score (nSPS) is 14.6. The van der Waals surface area contributed by atoms with E-state index in [9.17, 15) is 52.7 Å². The van der Waals surface area contributed by atoms with Crippen LogP contribution in [0.3, 0.4) is 0 Å². The molecule has 0 aromatic rings. The smallest absolute Gasteiger partial charge is 0.298 e. The van der Waals surface area contributed by atoms with Crippen molar-refractivity contribution in [2.75, 3.05) is 5.75 Å². The zero-order chi connectivity index (χ0) is 21.3. The maximum atomic E-state index is 12.2. The number of carbonyl (C=O) groups is 1. The topological polar surface area (TPSA) is 71.4 Å². The van der Waals surface area contributed by atoms with Gasteiger partial charge in [-0.25, -0.2) is 0 Å². The number of rotatable bonds is 4. The highest BCUT2D eigenvalue weighted by molar-refractivity contribution is 7.87. The molecule has 0 spiro atoms. The standard InChI is InChI=1S/C6H12OS.C4HF9O3S/c1-6(2,3)5(7)4-8;5-1(6,3(9,10)11)2(7,8)4(12,13)17(14,15)16/h8H,4H2,1-3H3;(H,14,15,16). The van der Waals surface area contributed by atoms with E-state index in [1.54, 1.807) is 0 Å². The van der Waals surface area contributed by atoms with Crippen molar-refractivity contribution in [3.63, 3.8) is 0 Å². The van der Waals surface area contributed by atoms with Crippen molar-refractivity contribution in [3.05, 3.63) is 0 Å². The number of ketones is 1. The Balaban J connectivity index is 0. The fourth-order valence-corrected chi connectivity index (χ4v) is 1.69. The molecule has 25 heavy (non-hydrogen) atoms. The van der Waals surface area contributed by atoms with Gasteiger partial charge < -0.3 is 0 Å². The van der Waals surface area contributed by atoms with Crippen LogP contribution in [0.2, 0.25) is 0 Å². The maximum Gasteiger partial charge on any atom is 0.460 e. The molecule has 0 atom stereocenters. The first-order valence-corrected chi connectivity index (χ1v) is 7.87. The summed E-state index contributed by atoms with van der Waals surface area (Å²) in [5, 5.41) is -7.00. The van der Waals surface area contributed by atoms with E-state index in [4.69, 9.17) is 4.55 Å². The van der Waals surface area contributed by atoms with Crippen LogP contribution < -0.4 is 0 Å². The van der Waals surface area contributed by atoms with Crippen LogP contribution in [0, 0.1) is 5.41 Å². The van der Waals surface area contributed by atoms with Gasteiger partial charge >= 0.3 is 33.4 Å². The fraction of sp³-hybridized carbons (Fsp3) is 0.900. The van der Waals surface area contributed by atoms with Crippen LogP contribution in [0.5, 0.6) is 0 Å². The van der Waals surface area contributed by atoms with Gasteiger partial charge in [-0.15, -0.1) is 0 Å². The molecular weight excluding hydrogens is 419 g/mol. The Labute approximate surface area is 141 Å². The van der Waals surface area contributed by atoms with Crippen molar-refractivity contribution >= 4 is 28.5 Å². The first-order valence-electron chi connectivity index (χ1n) is 5.79. The van der Waals surface area contributed by atoms with Crippen LogP contribution in [0.4, 0.5) is 39.5 Å². The molecule has 4 nitrogen and oxygen atoms in total. The quantitative estimate of drug-likeness (QED) is 0.403. The van der Waals surface area contributed by atoms with Gasteiger partial charge in [-0.3, -0.25) is 9.35 Å². The molecule has 0 aliphatic rings. The van der Waals surface area contributed by atoms with Gasteiger partial charge in [0, 0.05) is 11.2 Å². The van der Waals surface area contributed by atoms with Gasteiger partial charge in [-0.05, 0) is 0 Å². The maximum absolute atomic E-state index is 12.2. The lowest BCUT2D eigenvalue weighted by molar-refractivity contribution is -0.382. The summed E-state index contributed by atoms with van der Waals surface area (Å²) in [5.41, 5.74) is -0.207. The summed E-state index contributed by atoms with van der Waals surface area (Å²) in [7, 11) is -7.17. The Hall–Kier alpha value is -0.700. The lowest BCUT2D eigenvalue weighted by atomic mass is 9.92. The minimum Gasteiger partial charge on any atom is -0.298 e. The van der Waals surface area contributed by atoms with E-state index in [1.807, 2.05) is 20.8 Å². The molecule has 0 heterocycles. The van der Waals surface area contributed by atoms with E-state index in [-0.39, 0.29) is 11.2 Å². The van der Waals surface area contributed by atoms with E-state index < -0.39 is 33.4 Å². The van der Waals surface area contributed by atoms with E-state index in [0.717, 1.165) is 0 Å². The highest BCUT2D eigenvalue weighted by Crippen LogP contribution is 2.54. The second-order valence-electron chi connectivity index (χ2n) is 5.47. The lowest BCUT2D eigenvalue weighted by Gasteiger charge is -2.31. The number of hydrogen-bond acceptors (Lipinski definition) is 4. The van der Waals surface area contributed by atoms with E-state index in [2.05, 4.69) is 12.6 Å². The summed E-state index contributed by atoms with van der Waals surface area (Å²) in [6.07, 6.45) is -7.13. The second-order valence-corrected chi connectivity index (χ2v) is 7.25. The monoisotopic (exact) mass is 432 g/mol. The third-order valence-corrected chi connectivity index (χ3v) is 3.61. The average Bonchev–Trinajstić information content (AvgIpc) is 2.34. The number of alkyl halides is 9. The molecule has 15 heteroatoms. The molecule has 0 saturated heterocycles. The SMILES string of the molecule is CC(C)(C)C(=O)CS.O=S(=O)(O)C(F)(F)C(F)(F)C(F)(F)C(F)(F)F. The molecule has 0 aromatic heterocycles. The Kier molecular flexibility index (Phi) is 7.96. The molecule has 0 unspecified atom stereocenters. The molecule has 0 aromatic carbocycles. The number of carbonyl (C=O) groups excluding carboxylic acids is 1. The van der Waals surface area contributed by atoms with Gasteiger partial charge in [0.1, 0.15) is 5.78 Å². The van der Waals surface area contributed by atoms with Crippen LogP contribution >= 0.6 is 12.6 Å². The third-order valence-electron chi connectivity index (χ3n) is 2.42. The third kappa shape index (κ3) is 5.64. The van der Waals surface area contributed by atoms with Gasteiger partial charge in [0.2, 0.25) is 0 Å². The molecular formula is C10H13F9O4S2. The molecule has 0 aliphatic heterocycles. The number of hydrogen-bond donors (Lipinski definition) is 2. The molecule has 0 rings (SSSR count). The first kappa shape index (κ1) is 26.5. The summed E-state index contributed by atoms with van der Waals surface area (Å²) in [4.78, 5) is 10.8. The molecule has 1 N–H and O–H groups in total. The number of thiol groups is 1. The first-order chi connectivity index (χ1) is 10.5. The van der Waals surface area contributed by atoms with Gasteiger partial charge in [0.25, 0.3) is 0 Å². The molecule has 0 saturated carbocycles. The predicted molar refractivity (Wildman–Crippen MR) is 70.8 cm³/mol. The number of Topliss-reactive ketones (excluding diaryl/α,β-unsaturated/α-hetero) is 1. The fourth-order valence-electron chi connectivity index (χ4n) is 0.760. The predicted octanol–water partition coefficient (Wildman–Crippen LogP) is 3.83. The van der Waals surface area contributed by atoms with Gasteiger partial charge in [0.05, 0.1) is 0 Å². The summed E-state index contributed by atoms with van der Waals surface area (Å²) in [6, 6.07) is 0. The summed E-state index contributed by atoms with van der Waals surface area (Å²) < 4.78 is 134. The molecule has 0 bridgehead atoms. The zero-order valence-corrected chi connectivity index (χ0v) is 14.3. The van der Waals surface area contributed by atoms with Gasteiger partial charge in [-0.2, -0.15) is 60.6 Å². The van der Waals surface area contributed by atoms with E-state index >= 15 is 0 Å². The highest BCUT2D eigenvalue weighted by Gasteiger charge is 2.85. The second kappa shape index (κ2) is 7.50. The van der Waals surface area contributed by atoms with Gasteiger partial charge in [-0.1, -0.05) is 20.8 Å². The minimum atomic E-state index is -7.37. The van der Waals surface area contributed by atoms with Crippen LogP contribution in [0.15, 0.2) is 0 Å². The Bertz CT molecular complexity index is 576. The largest absolute Gasteiger partial charge is 0.460 e. The van der Waals surface area contributed by atoms with Crippen molar-refractivity contribution in [1.29, 1.82) is 0 Å². The summed E-state index contributed by atoms with van der Waals surface area (Å²) in [6.45, 7) is 5.68. The van der Waals surface area contributed by atoms with Crippen LogP contribution in [-0.4, -0.2) is 47.8 Å². The molecule has 0 radical (unpaired) electrons. The van der Waals surface area contributed by atoms with Gasteiger partial charge in [0.15, 0.2) is 0 Å². The molecule has 0 aliphatic carbocycles. The Morgan fingerprint density at radius 1 is 0.880 bits per heavy atom. The van der Waals surface area contributed by atoms with E-state index in [0.29, 0.717) is 5.75 Å². The van der Waals surface area contributed by atoms with Crippen molar-refractivity contribution < 1.29 is 57.3 Å². The number of halogens is 9. The van der Waals surface area contributed by atoms with Crippen molar-refractivity contribution in [1.82, 2.24) is 0 Å². The van der Waals surface area contributed by atoms with Crippen LogP contribution in [0.25, 0.3) is 0 Å². The van der Waals surface area contributed by atoms with Crippen molar-refractivity contribution in [3.8, 4) is 0 Å². The Morgan fingerprint density at radius 2 is 1.20 bits per heavy atom. The van der Waals surface area contributed by atoms with Crippen molar-refractivity contribution in [2.24, 2.45) is 5.41 Å². The van der Waals surface area contributed by atoms with Crippen molar-refractivity contribution in [2.45, 2.75) is 44.0 Å². The van der Waals surface area contributed by atoms with Crippen LogP contribution in [-0.2, 0) is 14.9 Å². The minimum absolute atomic E-state index is 0.195. The molecule has 0 fully saturated rings. The summed E-state index contributed by atoms with van der Waals surface area (Å²) in [5.74, 6) is -14.2. The summed E-state index contributed by atoms with van der Waals surface area (Å²) >= 11 is 3.86. The zero-order valence-electron chi connectivity index (χ0n) is 12.6. The average molecular weight is 432 g/mol. The Morgan fingerprint density at radius 3 is 1.32 bits per heavy atom. The molecule has 0 amide bonds.